The van der Waals surface area contributed by atoms with E-state index in [9.17, 15) is 60.3 Å². The van der Waals surface area contributed by atoms with Crippen LogP contribution in [0.2, 0.25) is 0 Å². The number of aromatic hydroxyl groups is 4. The maximum Gasteiger partial charge on any atom is 0.335 e. The Balaban J connectivity index is 1.55. The molecule has 1 aliphatic carbocycles. The molecule has 1 aliphatic heterocycles. The summed E-state index contributed by atoms with van der Waals surface area (Å²) in [5.74, 6) is -4.46. The molecule has 14 nitrogen and oxygen atoms in total. The molecule has 3 aromatic rings. The third-order valence-electron chi connectivity index (χ3n) is 8.15. The molecule has 0 aromatic heterocycles. The number of phenols is 3. The van der Waals surface area contributed by atoms with Crippen molar-refractivity contribution in [1.82, 2.24) is 0 Å². The minimum absolute atomic E-state index is 0.0526. The highest BCUT2D eigenvalue weighted by Gasteiger charge is 2.50. The first-order chi connectivity index (χ1) is 21.1. The van der Waals surface area contributed by atoms with E-state index in [1.807, 2.05) is 0 Å². The van der Waals surface area contributed by atoms with E-state index in [1.54, 1.807) is 0 Å². The van der Waals surface area contributed by atoms with E-state index in [4.69, 9.17) is 9.47 Å². The van der Waals surface area contributed by atoms with Crippen LogP contribution in [0.3, 0.4) is 0 Å². The number of aliphatic carboxylic acids is 1. The highest BCUT2D eigenvalue weighted by atomic mass is 16.6. The molecule has 2 aliphatic rings. The zero-order chi connectivity index (χ0) is 33.0. The zero-order valence-electron chi connectivity index (χ0n) is 23.6. The summed E-state index contributed by atoms with van der Waals surface area (Å²) >= 11 is 0. The number of hydrogen-bond acceptors (Lipinski definition) is 13. The summed E-state index contributed by atoms with van der Waals surface area (Å²) in [4.78, 5) is 37.2. The molecule has 45 heavy (non-hydrogen) atoms. The third-order valence-corrected chi connectivity index (χ3v) is 8.15. The SMILES string of the molecule is Cc1c(O)cc(/C=C/C(=O)OC2CC(O)(C(=O)O)CC(O)C2O)c2cc([C@H]3Oc4cc(O)cc(O)c4C[C@H]3O)cc(=O)c(O)c12. The van der Waals surface area contributed by atoms with Gasteiger partial charge < -0.3 is 55.4 Å². The minimum Gasteiger partial charge on any atom is -0.508 e. The van der Waals surface area contributed by atoms with E-state index < -0.39 is 72.1 Å². The Morgan fingerprint density at radius 1 is 0.978 bits per heavy atom. The van der Waals surface area contributed by atoms with Gasteiger partial charge in [-0.15, -0.1) is 0 Å². The molecule has 14 heteroatoms. The second kappa shape index (κ2) is 11.6. The van der Waals surface area contributed by atoms with Crippen LogP contribution in [0.4, 0.5) is 0 Å². The number of carbonyl (C=O) groups excluding carboxylic acids is 1. The molecule has 6 atom stereocenters. The molecule has 3 aromatic carbocycles. The number of esters is 1. The molecule has 1 fully saturated rings. The van der Waals surface area contributed by atoms with Crippen molar-refractivity contribution in [1.29, 1.82) is 0 Å². The second-order valence-corrected chi connectivity index (χ2v) is 11.3. The Bertz CT molecular complexity index is 1800. The molecule has 1 saturated carbocycles. The number of phenolic OH excluding ortho intramolecular Hbond substituents is 3. The van der Waals surface area contributed by atoms with Crippen LogP contribution in [-0.4, -0.2) is 87.9 Å². The molecule has 0 spiro atoms. The quantitative estimate of drug-likeness (QED) is 0.139. The third kappa shape index (κ3) is 5.83. The number of carboxylic acids is 1. The van der Waals surface area contributed by atoms with Crippen LogP contribution in [0.25, 0.3) is 16.8 Å². The number of aliphatic hydroxyl groups excluding tert-OH is 3. The number of hydrogen-bond donors (Lipinski definition) is 9. The maximum atomic E-state index is 13.0. The Hall–Kier alpha value is -4.89. The van der Waals surface area contributed by atoms with E-state index in [0.717, 1.165) is 24.3 Å². The van der Waals surface area contributed by atoms with Crippen molar-refractivity contribution in [3.63, 3.8) is 0 Å². The van der Waals surface area contributed by atoms with Gasteiger partial charge in [-0.3, -0.25) is 4.79 Å². The van der Waals surface area contributed by atoms with Crippen LogP contribution < -0.4 is 10.2 Å². The van der Waals surface area contributed by atoms with Gasteiger partial charge >= 0.3 is 11.9 Å². The van der Waals surface area contributed by atoms with Gasteiger partial charge in [-0.1, -0.05) is 0 Å². The molecule has 238 valence electrons. The van der Waals surface area contributed by atoms with Crippen LogP contribution in [-0.2, 0) is 20.7 Å². The Morgan fingerprint density at radius 3 is 2.38 bits per heavy atom. The first-order valence-corrected chi connectivity index (χ1v) is 13.7. The lowest BCUT2D eigenvalue weighted by atomic mass is 9.79. The number of carbonyl (C=O) groups is 2. The van der Waals surface area contributed by atoms with Gasteiger partial charge in [0.25, 0.3) is 0 Å². The van der Waals surface area contributed by atoms with Gasteiger partial charge in [0.15, 0.2) is 11.4 Å². The zero-order valence-corrected chi connectivity index (χ0v) is 23.6. The summed E-state index contributed by atoms with van der Waals surface area (Å²) < 4.78 is 11.0. The number of carboxylic acid groups (broad SMARTS) is 1. The first-order valence-electron chi connectivity index (χ1n) is 13.7. The highest BCUT2D eigenvalue weighted by Crippen LogP contribution is 2.43. The van der Waals surface area contributed by atoms with Gasteiger partial charge in [0.05, 0.1) is 12.2 Å². The smallest absolute Gasteiger partial charge is 0.335 e. The molecule has 0 radical (unpaired) electrons. The van der Waals surface area contributed by atoms with Crippen LogP contribution in [0.15, 0.2) is 41.2 Å². The van der Waals surface area contributed by atoms with Crippen LogP contribution in [0.5, 0.6) is 28.7 Å². The van der Waals surface area contributed by atoms with E-state index in [1.165, 1.54) is 25.1 Å². The largest absolute Gasteiger partial charge is 0.508 e. The van der Waals surface area contributed by atoms with Crippen molar-refractivity contribution in [2.45, 2.75) is 62.3 Å². The number of ether oxygens (including phenoxy) is 2. The fraction of sp³-hybridized carbons (Fsp3) is 0.323. The molecule has 4 unspecified atom stereocenters. The normalized spacial score (nSPS) is 26.3. The fourth-order valence-corrected chi connectivity index (χ4v) is 5.75. The predicted molar refractivity (Wildman–Crippen MR) is 154 cm³/mol. The molecular weight excluding hydrogens is 596 g/mol. The van der Waals surface area contributed by atoms with Gasteiger partial charge in [0.2, 0.25) is 5.43 Å². The lowest BCUT2D eigenvalue weighted by molar-refractivity contribution is -0.196. The number of fused-ring (bicyclic) bond motifs is 2. The molecule has 0 bridgehead atoms. The van der Waals surface area contributed by atoms with Crippen molar-refractivity contribution in [3.05, 3.63) is 68.9 Å². The lowest BCUT2D eigenvalue weighted by Gasteiger charge is -2.39. The Morgan fingerprint density at radius 2 is 1.69 bits per heavy atom. The van der Waals surface area contributed by atoms with E-state index in [0.29, 0.717) is 0 Å². The summed E-state index contributed by atoms with van der Waals surface area (Å²) in [6.07, 6.45) is -6.96. The van der Waals surface area contributed by atoms with E-state index in [2.05, 4.69) is 0 Å². The molecule has 1 heterocycles. The van der Waals surface area contributed by atoms with E-state index >= 15 is 0 Å². The standard InChI is InChI=1S/C31H30O14/c1-12-18(33)5-13(2-3-25(38)44-24-11-31(43,30(41)42)10-22(37)27(24)39)16-4-14(6-20(35)28(40)26(12)16)29-21(36)9-17-19(34)7-15(32)8-23(17)45-29/h2-8,21-22,24,27,29,32-34,36-37,39,43H,9-11H2,1H3,(H,35,40)(H,41,42)/b3-2+/t21-,22?,24?,27?,29-,31?/m1/s1. The van der Waals surface area contributed by atoms with Crippen LogP contribution in [0, 0.1) is 6.92 Å². The van der Waals surface area contributed by atoms with Gasteiger partial charge in [-0.05, 0) is 47.7 Å². The van der Waals surface area contributed by atoms with Crippen LogP contribution >= 0.6 is 0 Å². The predicted octanol–water partition coefficient (Wildman–Crippen LogP) is 0.624. The lowest BCUT2D eigenvalue weighted by Crippen LogP contribution is -2.57. The summed E-state index contributed by atoms with van der Waals surface area (Å²) in [6, 6.07) is 5.95. The number of benzene rings is 2. The van der Waals surface area contributed by atoms with Crippen molar-refractivity contribution >= 4 is 28.8 Å². The molecule has 0 saturated heterocycles. The summed E-state index contributed by atoms with van der Waals surface area (Å²) in [5.41, 5.74) is -2.86. The summed E-state index contributed by atoms with van der Waals surface area (Å²) in [6.45, 7) is 1.44. The van der Waals surface area contributed by atoms with Crippen molar-refractivity contribution in [2.75, 3.05) is 0 Å². The number of rotatable bonds is 5. The van der Waals surface area contributed by atoms with E-state index in [-0.39, 0.29) is 62.4 Å². The van der Waals surface area contributed by atoms with Gasteiger partial charge in [0.1, 0.15) is 41.3 Å². The van der Waals surface area contributed by atoms with Crippen molar-refractivity contribution in [3.8, 4) is 28.7 Å². The van der Waals surface area contributed by atoms with Crippen molar-refractivity contribution in [2.24, 2.45) is 0 Å². The average molecular weight is 627 g/mol. The Kier molecular flexibility index (Phi) is 8.10. The highest BCUT2D eigenvalue weighted by molar-refractivity contribution is 6.00. The topological polar surface area (TPSA) is 252 Å². The minimum atomic E-state index is -2.45. The molecule has 5 rings (SSSR count). The molecular formula is C31H30O14. The van der Waals surface area contributed by atoms with Gasteiger partial charge in [0, 0.05) is 54.0 Å². The van der Waals surface area contributed by atoms with Gasteiger partial charge in [-0.25, -0.2) is 9.59 Å². The van der Waals surface area contributed by atoms with Gasteiger partial charge in [-0.2, -0.15) is 0 Å². The average Bonchev–Trinajstić information content (AvgIpc) is 3.08. The first kappa shape index (κ1) is 31.5. The summed E-state index contributed by atoms with van der Waals surface area (Å²) in [7, 11) is 0. The van der Waals surface area contributed by atoms with Crippen LogP contribution in [0.1, 0.15) is 41.2 Å². The maximum absolute atomic E-state index is 13.0. The second-order valence-electron chi connectivity index (χ2n) is 11.3. The summed E-state index contributed by atoms with van der Waals surface area (Å²) in [5, 5.41) is 92.4. The number of aryl methyl sites for hydroxylation is 1. The molecule has 0 amide bonds. The molecule has 9 N–H and O–H groups in total. The van der Waals surface area contributed by atoms with Crippen molar-refractivity contribution < 1.29 is 65.0 Å². The fourth-order valence-electron chi connectivity index (χ4n) is 5.75. The monoisotopic (exact) mass is 626 g/mol. The Labute approximate surface area is 253 Å². The number of aliphatic hydroxyl groups is 4.